The molecule has 112 valence electrons. The Labute approximate surface area is 115 Å². The standard InChI is InChI=1S/C11H8F6OS2/c12-10(13,14)19-5-1-3-7(19)9(18)8-4-2-6-20(8)11(15,16)17/h1-6,19-20H. The lowest BCUT2D eigenvalue weighted by Gasteiger charge is -2.24. The van der Waals surface area contributed by atoms with Crippen LogP contribution in [0.25, 0.3) is 0 Å². The number of hydrogen-bond acceptors (Lipinski definition) is 1. The van der Waals surface area contributed by atoms with Gasteiger partial charge in [-0.3, -0.25) is 4.79 Å². The van der Waals surface area contributed by atoms with Crippen molar-refractivity contribution in [3.05, 3.63) is 44.9 Å². The Hall–Kier alpha value is -1.09. The van der Waals surface area contributed by atoms with Crippen molar-refractivity contribution in [1.82, 2.24) is 0 Å². The Balaban J connectivity index is 2.26. The van der Waals surface area contributed by atoms with Gasteiger partial charge in [0.05, 0.1) is 0 Å². The molecule has 0 aromatic heterocycles. The Morgan fingerprint density at radius 3 is 1.45 bits per heavy atom. The molecule has 2 heterocycles. The number of hydrogen-bond donors (Lipinski definition) is 2. The van der Waals surface area contributed by atoms with Gasteiger partial charge in [0.2, 0.25) is 5.78 Å². The first kappa shape index (κ1) is 15.3. The topological polar surface area (TPSA) is 17.1 Å². The molecule has 0 saturated carbocycles. The van der Waals surface area contributed by atoms with Crippen molar-refractivity contribution in [3.8, 4) is 0 Å². The molecule has 1 nitrogen and oxygen atoms in total. The quantitative estimate of drug-likeness (QED) is 0.565. The highest BCUT2D eigenvalue weighted by Crippen LogP contribution is 2.60. The van der Waals surface area contributed by atoms with Crippen LogP contribution in [0.1, 0.15) is 0 Å². The Bertz CT molecular complexity index is 504. The summed E-state index contributed by atoms with van der Waals surface area (Å²) in [5.74, 6) is -1.16. The Morgan fingerprint density at radius 1 is 0.800 bits per heavy atom. The zero-order valence-corrected chi connectivity index (χ0v) is 11.3. The fourth-order valence-electron chi connectivity index (χ4n) is 1.71. The zero-order valence-electron chi connectivity index (χ0n) is 9.53. The molecule has 2 aliphatic rings. The van der Waals surface area contributed by atoms with Crippen molar-refractivity contribution >= 4 is 27.6 Å². The Morgan fingerprint density at radius 2 is 1.15 bits per heavy atom. The van der Waals surface area contributed by atoms with Gasteiger partial charge in [0.1, 0.15) is 0 Å². The number of halogens is 6. The molecule has 0 aliphatic carbocycles. The third kappa shape index (κ3) is 2.83. The molecule has 0 bridgehead atoms. The van der Waals surface area contributed by atoms with Gasteiger partial charge in [-0.2, -0.15) is 26.3 Å². The van der Waals surface area contributed by atoms with E-state index in [1.165, 1.54) is 0 Å². The van der Waals surface area contributed by atoms with E-state index in [9.17, 15) is 31.1 Å². The molecule has 0 spiro atoms. The summed E-state index contributed by atoms with van der Waals surface area (Å²) < 4.78 is 76.3. The average molecular weight is 334 g/mol. The van der Waals surface area contributed by atoms with Gasteiger partial charge in [-0.25, -0.2) is 0 Å². The third-order valence-corrected chi connectivity index (χ3v) is 6.28. The normalized spacial score (nSPS) is 29.5. The van der Waals surface area contributed by atoms with Gasteiger partial charge in [-0.15, -0.1) is 21.8 Å². The average Bonchev–Trinajstić information content (AvgIpc) is 2.95. The summed E-state index contributed by atoms with van der Waals surface area (Å²) >= 11 is 0. The van der Waals surface area contributed by atoms with Crippen molar-refractivity contribution < 1.29 is 31.1 Å². The highest BCUT2D eigenvalue weighted by atomic mass is 32.2. The van der Waals surface area contributed by atoms with Crippen molar-refractivity contribution in [1.29, 1.82) is 0 Å². The van der Waals surface area contributed by atoms with Crippen LogP contribution in [0.3, 0.4) is 0 Å². The lowest BCUT2D eigenvalue weighted by atomic mass is 10.3. The summed E-state index contributed by atoms with van der Waals surface area (Å²) in [6, 6.07) is 0. The number of Topliss-reactive ketones (excluding diaryl/α,β-unsaturated/α-hetero) is 1. The second-order valence-corrected chi connectivity index (χ2v) is 7.85. The van der Waals surface area contributed by atoms with Gasteiger partial charge in [0.15, 0.2) is 0 Å². The molecule has 0 amide bonds. The molecule has 0 radical (unpaired) electrons. The van der Waals surface area contributed by atoms with Gasteiger partial charge in [-0.1, -0.05) is 12.2 Å². The maximum atomic E-state index is 12.7. The second kappa shape index (κ2) is 5.03. The molecule has 0 aromatic rings. The lowest BCUT2D eigenvalue weighted by molar-refractivity contribution is -0.111. The zero-order chi connectivity index (χ0) is 15.1. The smallest absolute Gasteiger partial charge is 0.288 e. The Kier molecular flexibility index (Phi) is 3.85. The molecular weight excluding hydrogens is 326 g/mol. The van der Waals surface area contributed by atoms with E-state index in [-0.39, 0.29) is 0 Å². The minimum absolute atomic E-state index is 0.598. The number of carbonyl (C=O) groups excluding carboxylic acids is 1. The molecule has 2 atom stereocenters. The van der Waals surface area contributed by atoms with E-state index >= 15 is 0 Å². The second-order valence-electron chi connectivity index (χ2n) is 3.79. The number of thiol groups is 2. The van der Waals surface area contributed by atoms with Crippen LogP contribution in [0.15, 0.2) is 44.9 Å². The fourth-order valence-corrected chi connectivity index (χ4v) is 4.69. The highest BCUT2D eigenvalue weighted by Gasteiger charge is 2.45. The van der Waals surface area contributed by atoms with Crippen molar-refractivity contribution in [3.63, 3.8) is 0 Å². The van der Waals surface area contributed by atoms with Gasteiger partial charge in [0, 0.05) is 9.81 Å². The fraction of sp³-hybridized carbons (Fsp3) is 0.182. The van der Waals surface area contributed by atoms with Crippen LogP contribution in [0.2, 0.25) is 0 Å². The number of carbonyl (C=O) groups is 1. The monoisotopic (exact) mass is 334 g/mol. The van der Waals surface area contributed by atoms with E-state index in [2.05, 4.69) is 0 Å². The number of ketones is 1. The summed E-state index contributed by atoms with van der Waals surface area (Å²) in [4.78, 5) is 10.8. The summed E-state index contributed by atoms with van der Waals surface area (Å²) in [5.41, 5.74) is -9.26. The van der Waals surface area contributed by atoms with Crippen LogP contribution in [0, 0.1) is 0 Å². The van der Waals surface area contributed by atoms with E-state index in [0.29, 0.717) is 0 Å². The van der Waals surface area contributed by atoms with Gasteiger partial charge in [0.25, 0.3) is 0 Å². The van der Waals surface area contributed by atoms with Crippen molar-refractivity contribution in [2.24, 2.45) is 0 Å². The first-order chi connectivity index (χ1) is 9.12. The van der Waals surface area contributed by atoms with Crippen LogP contribution in [0.5, 0.6) is 0 Å². The SMILES string of the molecule is O=C(C1=CC=C[SH]1C(F)(F)F)C1=CC=C[SH]1C(F)(F)F. The molecule has 0 saturated heterocycles. The van der Waals surface area contributed by atoms with Crippen LogP contribution in [-0.2, 0) is 4.79 Å². The minimum Gasteiger partial charge on any atom is -0.288 e. The summed E-state index contributed by atoms with van der Waals surface area (Å²) in [5, 5.41) is 1.64. The van der Waals surface area contributed by atoms with Gasteiger partial charge in [-0.05, 0) is 23.0 Å². The minimum atomic E-state index is -4.63. The van der Waals surface area contributed by atoms with Gasteiger partial charge >= 0.3 is 11.0 Å². The predicted molar refractivity (Wildman–Crippen MR) is 69.5 cm³/mol. The van der Waals surface area contributed by atoms with Crippen molar-refractivity contribution in [2.75, 3.05) is 0 Å². The first-order valence-corrected chi connectivity index (χ1v) is 7.98. The molecule has 0 fully saturated rings. The summed E-state index contributed by atoms with van der Waals surface area (Å²) in [6.45, 7) is 0. The maximum absolute atomic E-state index is 12.7. The number of alkyl halides is 6. The van der Waals surface area contributed by atoms with E-state index in [1.54, 1.807) is 0 Å². The highest BCUT2D eigenvalue weighted by molar-refractivity contribution is 8.26. The van der Waals surface area contributed by atoms with Crippen LogP contribution >= 0.6 is 21.8 Å². The number of allylic oxidation sites excluding steroid dienone is 6. The predicted octanol–water partition coefficient (Wildman–Crippen LogP) is 4.42. The molecule has 2 rings (SSSR count). The molecule has 0 aromatic carbocycles. The van der Waals surface area contributed by atoms with Crippen LogP contribution in [-0.4, -0.2) is 16.8 Å². The third-order valence-electron chi connectivity index (χ3n) is 2.51. The lowest BCUT2D eigenvalue weighted by Crippen LogP contribution is -2.16. The van der Waals surface area contributed by atoms with Gasteiger partial charge < -0.3 is 0 Å². The molecule has 2 aliphatic heterocycles. The molecule has 2 unspecified atom stereocenters. The molecule has 9 heteroatoms. The summed E-state index contributed by atoms with van der Waals surface area (Å²) in [7, 11) is -5.71. The summed E-state index contributed by atoms with van der Waals surface area (Å²) in [6.07, 6.45) is 4.02. The van der Waals surface area contributed by atoms with E-state index in [1.807, 2.05) is 0 Å². The molecule has 20 heavy (non-hydrogen) atoms. The largest absolute Gasteiger partial charge is 0.430 e. The first-order valence-electron chi connectivity index (χ1n) is 5.16. The van der Waals surface area contributed by atoms with E-state index in [0.717, 1.165) is 35.1 Å². The van der Waals surface area contributed by atoms with Crippen molar-refractivity contribution in [2.45, 2.75) is 11.0 Å². The van der Waals surface area contributed by atoms with Crippen LogP contribution in [0.4, 0.5) is 26.3 Å². The molecular formula is C11H8F6OS2. The maximum Gasteiger partial charge on any atom is 0.430 e. The van der Waals surface area contributed by atoms with E-state index in [4.69, 9.17) is 0 Å². The van der Waals surface area contributed by atoms with Crippen LogP contribution < -0.4 is 0 Å². The number of rotatable bonds is 2. The van der Waals surface area contributed by atoms with E-state index < -0.39 is 48.4 Å². The molecule has 0 N–H and O–H groups in total.